The summed E-state index contributed by atoms with van der Waals surface area (Å²) in [6.07, 6.45) is 0. The number of hydrogen-bond donors (Lipinski definition) is 1. The fraction of sp³-hybridized carbons (Fsp3) is 0.160. The first kappa shape index (κ1) is 22.4. The monoisotopic (exact) mass is 584 g/mol. The minimum absolute atomic E-state index is 0.0459. The van der Waals surface area contributed by atoms with Crippen molar-refractivity contribution in [3.05, 3.63) is 85.6 Å². The summed E-state index contributed by atoms with van der Waals surface area (Å²) in [5.74, 6) is 2.30. The average molecular weight is 586 g/mol. The van der Waals surface area contributed by atoms with Crippen molar-refractivity contribution in [2.75, 3.05) is 13.9 Å². The van der Waals surface area contributed by atoms with Crippen molar-refractivity contribution in [3.8, 4) is 34.8 Å². The van der Waals surface area contributed by atoms with Gasteiger partial charge in [0.1, 0.15) is 24.0 Å². The van der Waals surface area contributed by atoms with Crippen molar-refractivity contribution < 1.29 is 23.7 Å². The lowest BCUT2D eigenvalue weighted by Gasteiger charge is -2.27. The number of nitrogens with zero attached hydrogens (tertiary/aromatic N) is 1. The molecule has 9 heteroatoms. The Morgan fingerprint density at radius 2 is 1.79 bits per heavy atom. The highest BCUT2D eigenvalue weighted by Crippen LogP contribution is 2.50. The van der Waals surface area contributed by atoms with Gasteiger partial charge < -0.3 is 29.4 Å². The maximum atomic E-state index is 9.90. The molecule has 0 spiro atoms. The topological polar surface area (TPSA) is 96.0 Å². The van der Waals surface area contributed by atoms with Crippen molar-refractivity contribution in [1.29, 1.82) is 5.26 Å². The van der Waals surface area contributed by atoms with E-state index < -0.39 is 5.92 Å². The third kappa shape index (κ3) is 4.04. The molecule has 3 aromatic carbocycles. The Labute approximate surface area is 212 Å². The predicted octanol–water partition coefficient (Wildman–Crippen LogP) is 5.75. The van der Waals surface area contributed by atoms with E-state index >= 15 is 0 Å². The van der Waals surface area contributed by atoms with Gasteiger partial charge in [0.15, 0.2) is 23.0 Å². The Balaban J connectivity index is 1.55. The fourth-order valence-corrected chi connectivity index (χ4v) is 4.81. The fourth-order valence-electron chi connectivity index (χ4n) is 3.97. The Morgan fingerprint density at radius 3 is 2.50 bits per heavy atom. The number of nitrogens with two attached hydrogens (primary N) is 1. The lowest BCUT2D eigenvalue weighted by atomic mass is 9.83. The Kier molecular flexibility index (Phi) is 6.02. The zero-order valence-corrected chi connectivity index (χ0v) is 21.1. The van der Waals surface area contributed by atoms with E-state index in [0.717, 1.165) is 21.2 Å². The molecule has 2 N–H and O–H groups in total. The zero-order valence-electron chi connectivity index (χ0n) is 17.9. The van der Waals surface area contributed by atoms with E-state index in [1.54, 1.807) is 13.2 Å². The van der Waals surface area contributed by atoms with Gasteiger partial charge in [0, 0.05) is 16.1 Å². The molecule has 0 aliphatic carbocycles. The van der Waals surface area contributed by atoms with E-state index in [4.69, 9.17) is 29.4 Å². The molecule has 0 unspecified atom stereocenters. The molecular weight excluding hydrogens is 568 g/mol. The summed E-state index contributed by atoms with van der Waals surface area (Å²) in [6.45, 7) is 0.488. The molecule has 0 amide bonds. The standard InChI is InChI=1S/C25H18Br2N2O5/c1-30-22-7-14(6-18(27)24(22)31-11-13-2-4-15(26)5-3-13)23-16-8-20-21(33-12-32-20)9-19(16)34-25(29)17(23)10-28/h2-9,23H,11-12,29H2,1H3/t23-/m1/s1. The average Bonchev–Trinajstić information content (AvgIpc) is 3.29. The molecule has 2 aliphatic heterocycles. The lowest BCUT2D eigenvalue weighted by molar-refractivity contribution is 0.174. The largest absolute Gasteiger partial charge is 0.493 e. The first-order valence-corrected chi connectivity index (χ1v) is 11.8. The molecule has 2 aliphatic rings. The number of hydrogen-bond acceptors (Lipinski definition) is 7. The predicted molar refractivity (Wildman–Crippen MR) is 131 cm³/mol. The second-order valence-electron chi connectivity index (χ2n) is 7.62. The molecule has 0 saturated carbocycles. The summed E-state index contributed by atoms with van der Waals surface area (Å²) in [4.78, 5) is 0. The quantitative estimate of drug-likeness (QED) is 0.407. The van der Waals surface area contributed by atoms with Gasteiger partial charge in [-0.1, -0.05) is 28.1 Å². The van der Waals surface area contributed by atoms with E-state index in [-0.39, 0.29) is 12.7 Å². The number of benzene rings is 3. The second kappa shape index (κ2) is 9.12. The van der Waals surface area contributed by atoms with Crippen LogP contribution in [0.3, 0.4) is 0 Å². The molecule has 0 bridgehead atoms. The summed E-state index contributed by atoms with van der Waals surface area (Å²) < 4.78 is 30.2. The van der Waals surface area contributed by atoms with E-state index in [1.807, 2.05) is 42.5 Å². The molecule has 3 aromatic rings. The Hall–Kier alpha value is -3.35. The van der Waals surface area contributed by atoms with Crippen molar-refractivity contribution in [3.63, 3.8) is 0 Å². The summed E-state index contributed by atoms with van der Waals surface area (Å²) in [5, 5.41) is 9.90. The summed E-state index contributed by atoms with van der Waals surface area (Å²) in [5.41, 5.74) is 8.96. The third-order valence-electron chi connectivity index (χ3n) is 5.59. The normalized spacial score (nSPS) is 15.9. The molecule has 5 rings (SSSR count). The molecule has 0 aromatic heterocycles. The van der Waals surface area contributed by atoms with Crippen LogP contribution in [0.2, 0.25) is 0 Å². The molecule has 34 heavy (non-hydrogen) atoms. The van der Waals surface area contributed by atoms with Crippen LogP contribution >= 0.6 is 31.9 Å². The van der Waals surface area contributed by atoms with Crippen LogP contribution in [0, 0.1) is 11.3 Å². The van der Waals surface area contributed by atoms with Crippen molar-refractivity contribution >= 4 is 31.9 Å². The lowest BCUT2D eigenvalue weighted by Crippen LogP contribution is -2.21. The highest BCUT2D eigenvalue weighted by atomic mass is 79.9. The zero-order chi connectivity index (χ0) is 23.8. The van der Waals surface area contributed by atoms with Crippen molar-refractivity contribution in [2.24, 2.45) is 5.73 Å². The van der Waals surface area contributed by atoms with Gasteiger partial charge in [0.2, 0.25) is 12.7 Å². The van der Waals surface area contributed by atoms with Crippen LogP contribution in [0.1, 0.15) is 22.6 Å². The molecule has 0 radical (unpaired) electrons. The van der Waals surface area contributed by atoms with Gasteiger partial charge in [-0.3, -0.25) is 0 Å². The van der Waals surface area contributed by atoms with Gasteiger partial charge in [0.05, 0.1) is 17.5 Å². The first-order valence-electron chi connectivity index (χ1n) is 10.2. The number of fused-ring (bicyclic) bond motifs is 2. The highest BCUT2D eigenvalue weighted by Gasteiger charge is 2.34. The van der Waals surface area contributed by atoms with Gasteiger partial charge in [0.25, 0.3) is 0 Å². The smallest absolute Gasteiger partial charge is 0.231 e. The third-order valence-corrected chi connectivity index (χ3v) is 6.71. The molecule has 0 fully saturated rings. The van der Waals surface area contributed by atoms with Crippen LogP contribution in [-0.4, -0.2) is 13.9 Å². The van der Waals surface area contributed by atoms with Crippen LogP contribution in [0.4, 0.5) is 0 Å². The Bertz CT molecular complexity index is 1350. The SMILES string of the molecule is COc1cc([C@H]2C(C#N)=C(N)Oc3cc4c(cc32)OCO4)cc(Br)c1OCc1ccc(Br)cc1. The maximum Gasteiger partial charge on any atom is 0.231 e. The Morgan fingerprint density at radius 1 is 1.06 bits per heavy atom. The summed E-state index contributed by atoms with van der Waals surface area (Å²) in [6, 6.07) is 17.4. The number of allylic oxidation sites excluding steroid dienone is 1. The van der Waals surface area contributed by atoms with Crippen molar-refractivity contribution in [2.45, 2.75) is 12.5 Å². The number of ether oxygens (including phenoxy) is 5. The molecule has 0 saturated heterocycles. The van der Waals surface area contributed by atoms with Gasteiger partial charge >= 0.3 is 0 Å². The maximum absolute atomic E-state index is 9.90. The summed E-state index contributed by atoms with van der Waals surface area (Å²) >= 11 is 7.06. The van der Waals surface area contributed by atoms with Crippen LogP contribution in [0.15, 0.2) is 68.9 Å². The number of methoxy groups -OCH3 is 1. The number of rotatable bonds is 5. The molecule has 2 heterocycles. The van der Waals surface area contributed by atoms with E-state index in [1.165, 1.54) is 0 Å². The molecule has 1 atom stereocenters. The molecule has 172 valence electrons. The van der Waals surface area contributed by atoms with Crippen LogP contribution in [-0.2, 0) is 6.61 Å². The highest BCUT2D eigenvalue weighted by molar-refractivity contribution is 9.10. The summed E-state index contributed by atoms with van der Waals surface area (Å²) in [7, 11) is 1.57. The van der Waals surface area contributed by atoms with E-state index in [2.05, 4.69) is 37.9 Å². The number of halogens is 2. The van der Waals surface area contributed by atoms with Gasteiger partial charge in [-0.2, -0.15) is 5.26 Å². The second-order valence-corrected chi connectivity index (χ2v) is 9.39. The van der Waals surface area contributed by atoms with E-state index in [0.29, 0.717) is 45.4 Å². The van der Waals surface area contributed by atoms with Gasteiger partial charge in [-0.15, -0.1) is 0 Å². The minimum Gasteiger partial charge on any atom is -0.493 e. The molecular formula is C25H18Br2N2O5. The van der Waals surface area contributed by atoms with Gasteiger partial charge in [-0.25, -0.2) is 0 Å². The van der Waals surface area contributed by atoms with E-state index in [9.17, 15) is 5.26 Å². The number of nitriles is 1. The van der Waals surface area contributed by atoms with Crippen LogP contribution in [0.5, 0.6) is 28.7 Å². The minimum atomic E-state index is -0.492. The van der Waals surface area contributed by atoms with Crippen molar-refractivity contribution in [1.82, 2.24) is 0 Å². The van der Waals surface area contributed by atoms with Crippen LogP contribution in [0.25, 0.3) is 0 Å². The molecule has 7 nitrogen and oxygen atoms in total. The first-order chi connectivity index (χ1) is 16.5. The van der Waals surface area contributed by atoms with Crippen LogP contribution < -0.4 is 29.4 Å². The van der Waals surface area contributed by atoms with Gasteiger partial charge in [-0.05, 0) is 57.4 Å².